The van der Waals surface area contributed by atoms with Gasteiger partial charge in [-0.15, -0.1) is 12.4 Å². The smallest absolute Gasteiger partial charge is 0.318 e. The van der Waals surface area contributed by atoms with Crippen LogP contribution in [-0.2, 0) is 27.2 Å². The minimum atomic E-state index is -0.773. The van der Waals surface area contributed by atoms with Gasteiger partial charge in [0.2, 0.25) is 0 Å². The van der Waals surface area contributed by atoms with Crippen molar-refractivity contribution in [3.8, 4) is 0 Å². The van der Waals surface area contributed by atoms with Crippen LogP contribution in [0.4, 0.5) is 4.79 Å². The Labute approximate surface area is 287 Å². The topological polar surface area (TPSA) is 96.6 Å². The number of ether oxygens (including phenoxy) is 1. The highest BCUT2D eigenvalue weighted by Crippen LogP contribution is 2.41. The zero-order chi connectivity index (χ0) is 30.7. The number of carbonyl (C=O) groups is 2. The molecule has 3 aromatic rings. The van der Waals surface area contributed by atoms with Crippen molar-refractivity contribution in [3.63, 3.8) is 0 Å². The second-order valence-electron chi connectivity index (χ2n) is 12.2. The molecule has 0 bridgehead atoms. The summed E-state index contributed by atoms with van der Waals surface area (Å²) >= 11 is 12.8. The Hall–Kier alpha value is -2.85. The lowest BCUT2D eigenvalue weighted by Crippen LogP contribution is -2.64. The van der Waals surface area contributed by atoms with Gasteiger partial charge >= 0.3 is 6.03 Å². The third kappa shape index (κ3) is 7.33. The van der Waals surface area contributed by atoms with E-state index in [0.717, 1.165) is 42.6 Å². The van der Waals surface area contributed by atoms with E-state index in [1.54, 1.807) is 6.07 Å². The largest absolute Gasteiger partial charge is 0.412 e. The van der Waals surface area contributed by atoms with Gasteiger partial charge in [-0.1, -0.05) is 96.9 Å². The summed E-state index contributed by atoms with van der Waals surface area (Å²) in [4.78, 5) is 33.6. The Morgan fingerprint density at radius 1 is 0.891 bits per heavy atom. The van der Waals surface area contributed by atoms with Gasteiger partial charge in [-0.25, -0.2) is 4.79 Å². The molecular formula is C35H43Cl3N4O4. The van der Waals surface area contributed by atoms with Crippen LogP contribution in [0.25, 0.3) is 0 Å². The summed E-state index contributed by atoms with van der Waals surface area (Å²) in [7, 11) is 0. The fourth-order valence-electron chi connectivity index (χ4n) is 6.94. The SMILES string of the molecule is CCC1(c2ccc(Cl)c(Cl)c2)CN(Cc2ccccc2)C(=O)C(N2CCC(NC(=O)N3CCCC3)(c3ccccc3)CC2)O1.Cl.O. The van der Waals surface area contributed by atoms with E-state index >= 15 is 0 Å². The molecular weight excluding hydrogens is 647 g/mol. The number of nitrogens with one attached hydrogen (secondary N) is 1. The molecule has 3 saturated heterocycles. The van der Waals surface area contributed by atoms with Crippen LogP contribution < -0.4 is 5.32 Å². The van der Waals surface area contributed by atoms with E-state index < -0.39 is 17.4 Å². The third-order valence-corrected chi connectivity index (χ3v) is 10.3. The predicted octanol–water partition coefficient (Wildman–Crippen LogP) is 6.38. The molecule has 3 heterocycles. The number of carbonyl (C=O) groups excluding carboxylic acids is 2. The Bertz CT molecular complexity index is 1470. The highest BCUT2D eigenvalue weighted by Gasteiger charge is 2.50. The Balaban J connectivity index is 0.00000240. The normalized spacial score (nSPS) is 22.9. The van der Waals surface area contributed by atoms with E-state index in [-0.39, 0.29) is 29.8 Å². The number of piperidine rings is 1. The van der Waals surface area contributed by atoms with E-state index in [1.165, 1.54) is 0 Å². The van der Waals surface area contributed by atoms with Gasteiger partial charge in [0.1, 0.15) is 5.60 Å². The molecule has 2 atom stereocenters. The molecule has 8 nitrogen and oxygen atoms in total. The first-order valence-corrected chi connectivity index (χ1v) is 16.4. The van der Waals surface area contributed by atoms with E-state index in [1.807, 2.05) is 70.5 Å². The fourth-order valence-corrected chi connectivity index (χ4v) is 7.24. The van der Waals surface area contributed by atoms with Crippen molar-refractivity contribution in [2.45, 2.75) is 62.9 Å². The first-order chi connectivity index (χ1) is 21.3. The van der Waals surface area contributed by atoms with Crippen LogP contribution >= 0.6 is 35.6 Å². The number of halogens is 3. The number of hydrogen-bond acceptors (Lipinski definition) is 4. The molecule has 248 valence electrons. The van der Waals surface area contributed by atoms with Crippen molar-refractivity contribution in [1.82, 2.24) is 20.0 Å². The second kappa shape index (κ2) is 15.4. The molecule has 0 aliphatic carbocycles. The van der Waals surface area contributed by atoms with Gasteiger partial charge in [-0.3, -0.25) is 9.69 Å². The maximum Gasteiger partial charge on any atom is 0.318 e. The molecule has 3 aliphatic rings. The minimum absolute atomic E-state index is 0. The standard InChI is InChI=1S/C35H40Cl2N4O3.ClH.H2O/c1-2-35(28-15-16-29(36)30(37)23-28)25-41(24-26-11-5-3-6-12-26)31(42)32(44-35)39-21-17-34(18-22-39,27-13-7-4-8-14-27)38-33(43)40-19-9-10-20-40;;/h3-8,11-16,23,32H,2,9-10,17-22,24-25H2,1H3,(H,38,43);1H;1H2. The molecule has 0 spiro atoms. The van der Waals surface area contributed by atoms with E-state index in [9.17, 15) is 9.59 Å². The van der Waals surface area contributed by atoms with Gasteiger partial charge in [0.05, 0.1) is 22.1 Å². The van der Waals surface area contributed by atoms with Crippen LogP contribution in [0.2, 0.25) is 10.0 Å². The summed E-state index contributed by atoms with van der Waals surface area (Å²) in [5.41, 5.74) is 1.77. The Kier molecular flexibility index (Phi) is 12.0. The zero-order valence-electron chi connectivity index (χ0n) is 26.1. The van der Waals surface area contributed by atoms with Gasteiger partial charge in [0, 0.05) is 32.7 Å². The van der Waals surface area contributed by atoms with Crippen molar-refractivity contribution in [3.05, 3.63) is 106 Å². The fraction of sp³-hybridized carbons (Fsp3) is 0.429. The Morgan fingerprint density at radius 2 is 1.52 bits per heavy atom. The van der Waals surface area contributed by atoms with Gasteiger partial charge < -0.3 is 25.3 Å². The molecule has 3 N–H and O–H groups in total. The maximum absolute atomic E-state index is 14.2. The third-order valence-electron chi connectivity index (χ3n) is 9.59. The average Bonchev–Trinajstić information content (AvgIpc) is 3.61. The highest BCUT2D eigenvalue weighted by molar-refractivity contribution is 6.42. The van der Waals surface area contributed by atoms with Gasteiger partial charge in [0.25, 0.3) is 5.91 Å². The quantitative estimate of drug-likeness (QED) is 0.312. The Morgan fingerprint density at radius 3 is 2.13 bits per heavy atom. The molecule has 0 radical (unpaired) electrons. The molecule has 3 fully saturated rings. The van der Waals surface area contributed by atoms with Crippen molar-refractivity contribution in [2.75, 3.05) is 32.7 Å². The lowest BCUT2D eigenvalue weighted by atomic mass is 9.80. The van der Waals surface area contributed by atoms with Crippen LogP contribution in [0.3, 0.4) is 0 Å². The number of urea groups is 1. The number of morpholine rings is 1. The van der Waals surface area contributed by atoms with Gasteiger partial charge in [0.15, 0.2) is 6.23 Å². The molecule has 3 aliphatic heterocycles. The minimum Gasteiger partial charge on any atom is -0.412 e. The van der Waals surface area contributed by atoms with Crippen molar-refractivity contribution >= 4 is 47.5 Å². The summed E-state index contributed by atoms with van der Waals surface area (Å²) in [5, 5.41) is 4.37. The van der Waals surface area contributed by atoms with Crippen LogP contribution in [0.5, 0.6) is 0 Å². The summed E-state index contributed by atoms with van der Waals surface area (Å²) in [6.45, 7) is 5.73. The average molecular weight is 690 g/mol. The molecule has 3 amide bonds. The molecule has 0 saturated carbocycles. The van der Waals surface area contributed by atoms with Crippen LogP contribution in [-0.4, -0.2) is 71.1 Å². The molecule has 11 heteroatoms. The zero-order valence-corrected chi connectivity index (χ0v) is 28.4. The van der Waals surface area contributed by atoms with Crippen molar-refractivity contribution in [1.29, 1.82) is 0 Å². The number of amides is 3. The van der Waals surface area contributed by atoms with E-state index in [0.29, 0.717) is 55.5 Å². The number of likely N-dealkylation sites (tertiary alicyclic amines) is 2. The highest BCUT2D eigenvalue weighted by atomic mass is 35.5. The molecule has 46 heavy (non-hydrogen) atoms. The number of benzene rings is 3. The van der Waals surface area contributed by atoms with Crippen LogP contribution in [0.1, 0.15) is 55.7 Å². The van der Waals surface area contributed by atoms with E-state index in [4.69, 9.17) is 27.9 Å². The van der Waals surface area contributed by atoms with E-state index in [2.05, 4.69) is 29.3 Å². The summed E-state index contributed by atoms with van der Waals surface area (Å²) in [6, 6.07) is 25.9. The number of nitrogens with zero attached hydrogens (tertiary/aromatic N) is 3. The number of rotatable bonds is 7. The first kappa shape index (κ1) is 36.0. The first-order valence-electron chi connectivity index (χ1n) is 15.7. The van der Waals surface area contributed by atoms with Crippen molar-refractivity contribution in [2.24, 2.45) is 0 Å². The lowest BCUT2D eigenvalue weighted by Gasteiger charge is -2.51. The molecule has 6 rings (SSSR count). The predicted molar refractivity (Wildman–Crippen MR) is 184 cm³/mol. The lowest BCUT2D eigenvalue weighted by molar-refractivity contribution is -0.220. The summed E-state index contributed by atoms with van der Waals surface area (Å²) in [6.07, 6.45) is 3.28. The van der Waals surface area contributed by atoms with Crippen LogP contribution in [0, 0.1) is 0 Å². The van der Waals surface area contributed by atoms with Crippen LogP contribution in [0.15, 0.2) is 78.9 Å². The molecule has 0 aromatic heterocycles. The van der Waals surface area contributed by atoms with Crippen molar-refractivity contribution < 1.29 is 19.8 Å². The second-order valence-corrected chi connectivity index (χ2v) is 13.0. The van der Waals surface area contributed by atoms with Gasteiger partial charge in [-0.05, 0) is 60.9 Å². The molecule has 3 aromatic carbocycles. The summed E-state index contributed by atoms with van der Waals surface area (Å²) in [5.74, 6) is -0.0497. The molecule has 2 unspecified atom stereocenters. The summed E-state index contributed by atoms with van der Waals surface area (Å²) < 4.78 is 6.90. The number of hydrogen-bond donors (Lipinski definition) is 1. The van der Waals surface area contributed by atoms with Gasteiger partial charge in [-0.2, -0.15) is 0 Å². The monoisotopic (exact) mass is 688 g/mol. The maximum atomic E-state index is 14.2.